The molecule has 1 rings (SSSR count). The van der Waals surface area contributed by atoms with Crippen molar-refractivity contribution in [3.05, 3.63) is 23.3 Å². The quantitative estimate of drug-likeness (QED) is 0.725. The molecule has 0 radical (unpaired) electrons. The van der Waals surface area contributed by atoms with Gasteiger partial charge in [-0.25, -0.2) is 9.37 Å². The van der Waals surface area contributed by atoms with Gasteiger partial charge in [-0.15, -0.1) is 0 Å². The molecule has 1 heterocycles. The topological polar surface area (TPSA) is 45.9 Å². The summed E-state index contributed by atoms with van der Waals surface area (Å²) in [6.45, 7) is 3.71. The number of hydrogen-bond acceptors (Lipinski definition) is 3. The van der Waals surface area contributed by atoms with Crippen LogP contribution in [0.2, 0.25) is 0 Å². The van der Waals surface area contributed by atoms with Gasteiger partial charge in [0.05, 0.1) is 7.11 Å². The molecular formula is C10H11FN2O. The molecule has 14 heavy (non-hydrogen) atoms. The maximum absolute atomic E-state index is 13.7. The minimum absolute atomic E-state index is 0.0177. The molecule has 0 atom stereocenters. The maximum atomic E-state index is 13.7. The van der Waals surface area contributed by atoms with Gasteiger partial charge in [0.2, 0.25) is 0 Å². The fourth-order valence-electron chi connectivity index (χ4n) is 1.15. The molecular weight excluding hydrogens is 183 g/mol. The standard InChI is InChI=1S/C10H11FN2O/c1-6(2)7-5-13-8(4-12)10(14-3)9(7)11/h5-6H,1-3H3. The van der Waals surface area contributed by atoms with Gasteiger partial charge < -0.3 is 4.74 Å². The first-order valence-electron chi connectivity index (χ1n) is 4.24. The van der Waals surface area contributed by atoms with Crippen molar-refractivity contribution in [3.8, 4) is 11.8 Å². The van der Waals surface area contributed by atoms with Crippen molar-refractivity contribution in [1.82, 2.24) is 4.98 Å². The number of nitriles is 1. The zero-order chi connectivity index (χ0) is 10.7. The third kappa shape index (κ3) is 1.67. The van der Waals surface area contributed by atoms with E-state index in [2.05, 4.69) is 4.98 Å². The van der Waals surface area contributed by atoms with Crippen molar-refractivity contribution >= 4 is 0 Å². The molecule has 4 heteroatoms. The number of pyridine rings is 1. The predicted molar refractivity (Wildman–Crippen MR) is 49.6 cm³/mol. The van der Waals surface area contributed by atoms with Gasteiger partial charge in [-0.05, 0) is 5.92 Å². The summed E-state index contributed by atoms with van der Waals surface area (Å²) in [5.41, 5.74) is 0.440. The molecule has 0 fully saturated rings. The molecule has 0 saturated carbocycles. The monoisotopic (exact) mass is 194 g/mol. The normalized spacial score (nSPS) is 10.0. The van der Waals surface area contributed by atoms with E-state index in [0.29, 0.717) is 5.56 Å². The Morgan fingerprint density at radius 1 is 1.57 bits per heavy atom. The minimum Gasteiger partial charge on any atom is -0.491 e. The highest BCUT2D eigenvalue weighted by Crippen LogP contribution is 2.27. The van der Waals surface area contributed by atoms with Crippen LogP contribution in [0.5, 0.6) is 5.75 Å². The van der Waals surface area contributed by atoms with Crippen LogP contribution in [0.25, 0.3) is 0 Å². The first kappa shape index (κ1) is 10.5. The van der Waals surface area contributed by atoms with Crippen molar-refractivity contribution in [3.63, 3.8) is 0 Å². The van der Waals surface area contributed by atoms with Crippen LogP contribution in [0.3, 0.4) is 0 Å². The Hall–Kier alpha value is -1.63. The number of methoxy groups -OCH3 is 1. The van der Waals surface area contributed by atoms with Gasteiger partial charge in [0, 0.05) is 11.8 Å². The Balaban J connectivity index is 3.37. The van der Waals surface area contributed by atoms with Gasteiger partial charge in [-0.3, -0.25) is 0 Å². The predicted octanol–water partition coefficient (Wildman–Crippen LogP) is 2.22. The molecule has 0 unspecified atom stereocenters. The Morgan fingerprint density at radius 3 is 2.64 bits per heavy atom. The van der Waals surface area contributed by atoms with E-state index >= 15 is 0 Å². The number of nitrogens with zero attached hydrogens (tertiary/aromatic N) is 2. The molecule has 0 spiro atoms. The van der Waals surface area contributed by atoms with Gasteiger partial charge >= 0.3 is 0 Å². The van der Waals surface area contributed by atoms with Crippen molar-refractivity contribution in [2.45, 2.75) is 19.8 Å². The Morgan fingerprint density at radius 2 is 2.21 bits per heavy atom. The summed E-state index contributed by atoms with van der Waals surface area (Å²) >= 11 is 0. The first-order chi connectivity index (χ1) is 6.61. The Bertz CT molecular complexity index is 382. The lowest BCUT2D eigenvalue weighted by atomic mass is 10.0. The summed E-state index contributed by atoms with van der Waals surface area (Å²) in [7, 11) is 1.32. The highest BCUT2D eigenvalue weighted by molar-refractivity contribution is 5.41. The van der Waals surface area contributed by atoms with E-state index in [1.165, 1.54) is 13.3 Å². The zero-order valence-corrected chi connectivity index (χ0v) is 8.34. The fraction of sp³-hybridized carbons (Fsp3) is 0.400. The van der Waals surface area contributed by atoms with E-state index < -0.39 is 5.82 Å². The van der Waals surface area contributed by atoms with Crippen LogP contribution >= 0.6 is 0 Å². The summed E-state index contributed by atoms with van der Waals surface area (Å²) < 4.78 is 18.5. The molecule has 3 nitrogen and oxygen atoms in total. The van der Waals surface area contributed by atoms with E-state index in [-0.39, 0.29) is 17.4 Å². The Labute approximate surface area is 82.1 Å². The van der Waals surface area contributed by atoms with Crippen LogP contribution in [0, 0.1) is 17.1 Å². The van der Waals surface area contributed by atoms with Crippen LogP contribution in [-0.4, -0.2) is 12.1 Å². The van der Waals surface area contributed by atoms with Crippen LogP contribution in [0.1, 0.15) is 31.0 Å². The van der Waals surface area contributed by atoms with Crippen molar-refractivity contribution < 1.29 is 9.13 Å². The second-order valence-electron chi connectivity index (χ2n) is 3.18. The fourth-order valence-corrected chi connectivity index (χ4v) is 1.15. The van der Waals surface area contributed by atoms with Crippen LogP contribution in [0.15, 0.2) is 6.20 Å². The number of ether oxygens (including phenoxy) is 1. The molecule has 0 N–H and O–H groups in total. The third-order valence-electron chi connectivity index (χ3n) is 1.93. The zero-order valence-electron chi connectivity index (χ0n) is 8.34. The highest BCUT2D eigenvalue weighted by atomic mass is 19.1. The molecule has 1 aromatic heterocycles. The van der Waals surface area contributed by atoms with Crippen LogP contribution in [-0.2, 0) is 0 Å². The lowest BCUT2D eigenvalue weighted by Crippen LogP contribution is -2.01. The average molecular weight is 194 g/mol. The van der Waals surface area contributed by atoms with Gasteiger partial charge in [-0.2, -0.15) is 5.26 Å². The largest absolute Gasteiger partial charge is 0.491 e. The maximum Gasteiger partial charge on any atom is 0.191 e. The highest BCUT2D eigenvalue weighted by Gasteiger charge is 2.16. The van der Waals surface area contributed by atoms with Crippen LogP contribution < -0.4 is 4.74 Å². The van der Waals surface area contributed by atoms with E-state index in [1.807, 2.05) is 13.8 Å². The SMILES string of the molecule is COc1c(C#N)ncc(C(C)C)c1F. The van der Waals surface area contributed by atoms with Gasteiger partial charge in [0.1, 0.15) is 6.07 Å². The van der Waals surface area contributed by atoms with E-state index in [4.69, 9.17) is 10.00 Å². The second kappa shape index (κ2) is 4.05. The lowest BCUT2D eigenvalue weighted by molar-refractivity contribution is 0.379. The first-order valence-corrected chi connectivity index (χ1v) is 4.24. The number of halogens is 1. The van der Waals surface area contributed by atoms with Crippen LogP contribution in [0.4, 0.5) is 4.39 Å². The smallest absolute Gasteiger partial charge is 0.191 e. The Kier molecular flexibility index (Phi) is 3.03. The van der Waals surface area contributed by atoms with Crippen molar-refractivity contribution in [2.24, 2.45) is 0 Å². The number of hydrogen-bond donors (Lipinski definition) is 0. The summed E-state index contributed by atoms with van der Waals surface area (Å²) in [5.74, 6) is -0.545. The summed E-state index contributed by atoms with van der Waals surface area (Å²) in [6.07, 6.45) is 1.38. The third-order valence-corrected chi connectivity index (χ3v) is 1.93. The molecule has 0 saturated heterocycles. The lowest BCUT2D eigenvalue weighted by Gasteiger charge is -2.10. The average Bonchev–Trinajstić information content (AvgIpc) is 2.16. The minimum atomic E-state index is -0.492. The summed E-state index contributed by atoms with van der Waals surface area (Å²) in [4.78, 5) is 3.82. The molecule has 1 aromatic rings. The van der Waals surface area contributed by atoms with E-state index in [9.17, 15) is 4.39 Å². The summed E-state index contributed by atoms with van der Waals surface area (Å²) in [6, 6.07) is 1.78. The van der Waals surface area contributed by atoms with Crippen molar-refractivity contribution in [2.75, 3.05) is 7.11 Å². The molecule has 0 amide bonds. The number of aromatic nitrogens is 1. The van der Waals surface area contributed by atoms with E-state index in [0.717, 1.165) is 0 Å². The molecule has 0 aliphatic rings. The van der Waals surface area contributed by atoms with E-state index in [1.54, 1.807) is 6.07 Å². The van der Waals surface area contributed by atoms with Gasteiger partial charge in [0.25, 0.3) is 0 Å². The van der Waals surface area contributed by atoms with Gasteiger partial charge in [0.15, 0.2) is 17.3 Å². The van der Waals surface area contributed by atoms with Crippen molar-refractivity contribution in [1.29, 1.82) is 5.26 Å². The molecule has 0 aromatic carbocycles. The molecule has 74 valence electrons. The molecule has 0 aliphatic carbocycles. The summed E-state index contributed by atoms with van der Waals surface area (Å²) in [5, 5.41) is 8.64. The van der Waals surface area contributed by atoms with Gasteiger partial charge in [-0.1, -0.05) is 13.8 Å². The molecule has 0 aliphatic heterocycles. The molecule has 0 bridgehead atoms. The number of rotatable bonds is 2. The second-order valence-corrected chi connectivity index (χ2v) is 3.18.